The topological polar surface area (TPSA) is 13.1 Å². The van der Waals surface area contributed by atoms with Crippen molar-refractivity contribution in [2.45, 2.75) is 33.4 Å². The van der Waals surface area contributed by atoms with Crippen LogP contribution in [0.2, 0.25) is 0 Å². The Morgan fingerprint density at radius 1 is 0.935 bits per heavy atom. The number of hydrogen-bond acceptors (Lipinski definition) is 1. The summed E-state index contributed by atoms with van der Waals surface area (Å²) in [7, 11) is 1.95. The van der Waals surface area contributed by atoms with Gasteiger partial charge >= 0.3 is 6.18 Å². The Morgan fingerprint density at radius 3 is 2.42 bits per heavy atom. The number of para-hydroxylation sites is 1. The Labute approximate surface area is 178 Å². The number of aromatic nitrogens is 1. The highest BCUT2D eigenvalue weighted by molar-refractivity contribution is 6.05. The molecule has 0 spiro atoms. The van der Waals surface area contributed by atoms with Crippen LogP contribution in [0.25, 0.3) is 32.9 Å². The zero-order chi connectivity index (χ0) is 22.1. The van der Waals surface area contributed by atoms with E-state index >= 15 is 0 Å². The number of nitrogens with zero attached hydrogens (tertiary/aromatic N) is 1. The largest absolute Gasteiger partial charge is 0.449 e. The van der Waals surface area contributed by atoms with Gasteiger partial charge in [0.05, 0.1) is 16.4 Å². The summed E-state index contributed by atoms with van der Waals surface area (Å²) in [5.74, 6) is 1.21. The van der Waals surface area contributed by atoms with Gasteiger partial charge in [0.1, 0.15) is 12.8 Å². The Morgan fingerprint density at radius 2 is 1.68 bits per heavy atom. The molecule has 0 radical (unpaired) electrons. The Kier molecular flexibility index (Phi) is 4.14. The van der Waals surface area contributed by atoms with Gasteiger partial charge in [-0.3, -0.25) is 0 Å². The molecule has 0 aliphatic carbocycles. The van der Waals surface area contributed by atoms with Crippen LogP contribution in [0.15, 0.2) is 54.6 Å². The molecule has 2 heterocycles. The van der Waals surface area contributed by atoms with E-state index in [1.54, 1.807) is 0 Å². The van der Waals surface area contributed by atoms with E-state index in [0.717, 1.165) is 38.5 Å². The fourth-order valence-corrected chi connectivity index (χ4v) is 4.62. The van der Waals surface area contributed by atoms with Crippen molar-refractivity contribution in [1.29, 1.82) is 0 Å². The summed E-state index contributed by atoms with van der Waals surface area (Å²) in [6.07, 6.45) is -4.50. The monoisotopic (exact) mass is 422 g/mol. The van der Waals surface area contributed by atoms with Crippen LogP contribution in [-0.2, 0) is 13.5 Å². The highest BCUT2D eigenvalue weighted by Gasteiger charge is 2.48. The van der Waals surface area contributed by atoms with Gasteiger partial charge in [0, 0.05) is 17.0 Å². The number of benzene rings is 3. The third-order valence-corrected chi connectivity index (χ3v) is 6.47. The Hall–Kier alpha value is -3.08. The minimum Gasteiger partial charge on any atom is -0.449 e. The lowest BCUT2D eigenvalue weighted by Gasteiger charge is -2.30. The maximum atomic E-state index is 13.9. The van der Waals surface area contributed by atoms with Gasteiger partial charge < -0.3 is 4.74 Å². The van der Waals surface area contributed by atoms with Crippen LogP contribution in [0, 0.1) is 12.3 Å². The van der Waals surface area contributed by atoms with E-state index in [2.05, 4.69) is 12.1 Å². The quantitative estimate of drug-likeness (QED) is 0.278. The van der Waals surface area contributed by atoms with Gasteiger partial charge in [-0.2, -0.15) is 17.7 Å². The summed E-state index contributed by atoms with van der Waals surface area (Å²) in [5.41, 5.74) is 2.49. The van der Waals surface area contributed by atoms with E-state index < -0.39 is 11.6 Å². The van der Waals surface area contributed by atoms with Crippen LogP contribution in [0.1, 0.15) is 25.0 Å². The molecule has 0 N–H and O–H groups in total. The Bertz CT molecular complexity index is 1370. The molecule has 0 fully saturated rings. The summed E-state index contributed by atoms with van der Waals surface area (Å²) < 4.78 is 50.1. The number of hydrogen-bond donors (Lipinski definition) is 0. The number of halogens is 3. The molecule has 0 atom stereocenters. The normalized spacial score (nSPS) is 13.4. The van der Waals surface area contributed by atoms with Crippen molar-refractivity contribution in [3.63, 3.8) is 0 Å². The number of fused-ring (bicyclic) bond motifs is 3. The molecule has 0 saturated carbocycles. The SMILES string of the molecule is Cc1ccc2cccc3c2c1-c1c(c(CC(C)(C)C(F)(F)F)c2ccccc2[n+]1C)O3. The van der Waals surface area contributed by atoms with Crippen LogP contribution in [-0.4, -0.2) is 6.18 Å². The lowest BCUT2D eigenvalue weighted by atomic mass is 9.82. The van der Waals surface area contributed by atoms with Crippen LogP contribution in [0.4, 0.5) is 13.2 Å². The number of ether oxygens (including phenoxy) is 1. The Balaban J connectivity index is 1.92. The van der Waals surface area contributed by atoms with Crippen LogP contribution < -0.4 is 9.30 Å². The number of rotatable bonds is 2. The highest BCUT2D eigenvalue weighted by atomic mass is 19.4. The van der Waals surface area contributed by atoms with Gasteiger partial charge in [0.15, 0.2) is 0 Å². The molecule has 31 heavy (non-hydrogen) atoms. The lowest BCUT2D eigenvalue weighted by Crippen LogP contribution is -2.37. The van der Waals surface area contributed by atoms with E-state index in [0.29, 0.717) is 17.1 Å². The van der Waals surface area contributed by atoms with Crippen LogP contribution >= 0.6 is 0 Å². The molecular formula is C26H23F3NO+. The van der Waals surface area contributed by atoms with Gasteiger partial charge in [-0.1, -0.05) is 50.2 Å². The predicted octanol–water partition coefficient (Wildman–Crippen LogP) is 7.03. The first kappa shape index (κ1) is 19.9. The fourth-order valence-electron chi connectivity index (χ4n) is 4.62. The minimum atomic E-state index is -4.33. The van der Waals surface area contributed by atoms with Gasteiger partial charge in [0.2, 0.25) is 11.3 Å². The van der Waals surface area contributed by atoms with E-state index in [4.69, 9.17) is 4.74 Å². The molecule has 1 aromatic heterocycles. The summed E-state index contributed by atoms with van der Waals surface area (Å²) in [6.45, 7) is 4.54. The zero-order valence-electron chi connectivity index (χ0n) is 17.9. The van der Waals surface area contributed by atoms with Crippen molar-refractivity contribution in [3.8, 4) is 22.8 Å². The van der Waals surface area contributed by atoms with E-state index in [1.165, 1.54) is 13.8 Å². The second-order valence-corrected chi connectivity index (χ2v) is 9.00. The van der Waals surface area contributed by atoms with Gasteiger partial charge in [0.25, 0.3) is 5.69 Å². The molecule has 1 aliphatic rings. The van der Waals surface area contributed by atoms with Crippen molar-refractivity contribution in [3.05, 3.63) is 65.7 Å². The molecule has 2 nitrogen and oxygen atoms in total. The van der Waals surface area contributed by atoms with Crippen molar-refractivity contribution in [2.75, 3.05) is 0 Å². The summed E-state index contributed by atoms with van der Waals surface area (Å²) in [4.78, 5) is 0. The van der Waals surface area contributed by atoms with Crippen LogP contribution in [0.5, 0.6) is 11.5 Å². The van der Waals surface area contributed by atoms with Crippen molar-refractivity contribution in [2.24, 2.45) is 12.5 Å². The molecule has 5 rings (SSSR count). The standard InChI is InChI=1S/C26H23F3NO/c1-15-12-13-16-8-7-11-20-22(16)21(15)23-24(31-20)18(14-25(2,3)26(27,28)29)17-9-5-6-10-19(17)30(23)4/h5-13H,14H2,1-4H3/q+1. The first-order valence-corrected chi connectivity index (χ1v) is 10.3. The average Bonchev–Trinajstić information content (AvgIpc) is 2.72. The molecule has 3 aromatic carbocycles. The average molecular weight is 422 g/mol. The molecule has 0 unspecified atom stereocenters. The number of pyridine rings is 1. The molecular weight excluding hydrogens is 399 g/mol. The zero-order valence-corrected chi connectivity index (χ0v) is 17.9. The van der Waals surface area contributed by atoms with Crippen molar-refractivity contribution in [1.82, 2.24) is 0 Å². The second kappa shape index (κ2) is 6.46. The van der Waals surface area contributed by atoms with E-state index in [-0.39, 0.29) is 6.42 Å². The summed E-state index contributed by atoms with van der Waals surface area (Å²) in [6, 6.07) is 17.6. The molecule has 0 saturated heterocycles. The molecule has 0 bridgehead atoms. The third kappa shape index (κ3) is 2.83. The third-order valence-electron chi connectivity index (χ3n) is 6.47. The lowest BCUT2D eigenvalue weighted by molar-refractivity contribution is -0.633. The second-order valence-electron chi connectivity index (χ2n) is 9.00. The predicted molar refractivity (Wildman–Crippen MR) is 116 cm³/mol. The fraction of sp³-hybridized carbons (Fsp3) is 0.269. The highest BCUT2D eigenvalue weighted by Crippen LogP contribution is 2.51. The summed E-state index contributed by atoms with van der Waals surface area (Å²) >= 11 is 0. The first-order chi connectivity index (χ1) is 14.6. The maximum absolute atomic E-state index is 13.9. The van der Waals surface area contributed by atoms with Crippen molar-refractivity contribution >= 4 is 21.7 Å². The molecule has 0 amide bonds. The van der Waals surface area contributed by atoms with Crippen molar-refractivity contribution < 1.29 is 22.5 Å². The molecule has 1 aliphatic heterocycles. The van der Waals surface area contributed by atoms with Gasteiger partial charge in [-0.15, -0.1) is 0 Å². The van der Waals surface area contributed by atoms with Gasteiger partial charge in [-0.05, 0) is 36.4 Å². The number of aryl methyl sites for hydroxylation is 2. The van der Waals surface area contributed by atoms with E-state index in [1.807, 2.05) is 61.0 Å². The van der Waals surface area contributed by atoms with Crippen LogP contribution in [0.3, 0.4) is 0 Å². The molecule has 5 heteroatoms. The smallest absolute Gasteiger partial charge is 0.394 e. The summed E-state index contributed by atoms with van der Waals surface area (Å²) in [5, 5.41) is 2.83. The van der Waals surface area contributed by atoms with E-state index in [9.17, 15) is 13.2 Å². The minimum absolute atomic E-state index is 0.169. The first-order valence-electron chi connectivity index (χ1n) is 10.3. The van der Waals surface area contributed by atoms with Gasteiger partial charge in [-0.25, -0.2) is 0 Å². The molecule has 158 valence electrons. The maximum Gasteiger partial charge on any atom is 0.394 e. The molecule has 4 aromatic rings. The number of alkyl halides is 3.